The fraction of sp³-hybridized carbons (Fsp3) is 0.125. The molecule has 7 heteroatoms. The van der Waals surface area contributed by atoms with Crippen LogP contribution in [0.2, 0.25) is 5.02 Å². The molecule has 0 unspecified atom stereocenters. The molecular formula is C24H21ClN2O2S2. The standard InChI is InChI=1S/C24H21ClN2O2S2/c1-17-5-3-4-6-23(17)30-16-20-15-27(21-11-13-22(14-12-21)31(2,28)29)24(26-20)18-7-9-19(25)10-8-18/h3-15H,16H2,1-2H3. The lowest BCUT2D eigenvalue weighted by atomic mass is 10.2. The first kappa shape index (κ1) is 21.7. The number of aryl methyl sites for hydroxylation is 1. The Kier molecular flexibility index (Phi) is 6.23. The number of hydrogen-bond donors (Lipinski definition) is 0. The van der Waals surface area contributed by atoms with Gasteiger partial charge in [-0.15, -0.1) is 11.8 Å². The second-order valence-electron chi connectivity index (χ2n) is 7.25. The van der Waals surface area contributed by atoms with E-state index in [4.69, 9.17) is 16.6 Å². The second-order valence-corrected chi connectivity index (χ2v) is 10.7. The summed E-state index contributed by atoms with van der Waals surface area (Å²) in [7, 11) is -3.25. The third-order valence-electron chi connectivity index (χ3n) is 4.87. The lowest BCUT2D eigenvalue weighted by Crippen LogP contribution is -1.99. The van der Waals surface area contributed by atoms with Crippen LogP contribution in [0, 0.1) is 6.92 Å². The monoisotopic (exact) mass is 468 g/mol. The van der Waals surface area contributed by atoms with Gasteiger partial charge in [0.15, 0.2) is 9.84 Å². The molecule has 4 rings (SSSR count). The second kappa shape index (κ2) is 8.91. The zero-order valence-corrected chi connectivity index (χ0v) is 19.5. The Bertz CT molecular complexity index is 1310. The molecule has 31 heavy (non-hydrogen) atoms. The van der Waals surface area contributed by atoms with Crippen molar-refractivity contribution in [2.75, 3.05) is 6.26 Å². The minimum absolute atomic E-state index is 0.291. The van der Waals surface area contributed by atoms with Gasteiger partial charge in [0.05, 0.1) is 10.6 Å². The Morgan fingerprint density at radius 2 is 1.65 bits per heavy atom. The van der Waals surface area contributed by atoms with Crippen LogP contribution < -0.4 is 0 Å². The lowest BCUT2D eigenvalue weighted by molar-refractivity contribution is 0.602. The Labute approximate surface area is 191 Å². The molecule has 0 N–H and O–H groups in total. The molecule has 1 aromatic heterocycles. The number of rotatable bonds is 6. The Morgan fingerprint density at radius 3 is 2.29 bits per heavy atom. The van der Waals surface area contributed by atoms with Gasteiger partial charge in [-0.25, -0.2) is 13.4 Å². The van der Waals surface area contributed by atoms with Crippen molar-refractivity contribution in [1.29, 1.82) is 0 Å². The molecule has 0 aliphatic heterocycles. The number of hydrogen-bond acceptors (Lipinski definition) is 4. The summed E-state index contributed by atoms with van der Waals surface area (Å²) in [5, 5.41) is 0.662. The summed E-state index contributed by atoms with van der Waals surface area (Å²) < 4.78 is 25.6. The summed E-state index contributed by atoms with van der Waals surface area (Å²) in [6.07, 6.45) is 3.21. The Morgan fingerprint density at radius 1 is 0.968 bits per heavy atom. The molecule has 0 bridgehead atoms. The van der Waals surface area contributed by atoms with Crippen LogP contribution in [-0.4, -0.2) is 24.2 Å². The zero-order chi connectivity index (χ0) is 22.0. The van der Waals surface area contributed by atoms with Gasteiger partial charge in [-0.3, -0.25) is 4.57 Å². The highest BCUT2D eigenvalue weighted by molar-refractivity contribution is 7.98. The van der Waals surface area contributed by atoms with Crippen molar-refractivity contribution in [2.45, 2.75) is 22.5 Å². The fourth-order valence-electron chi connectivity index (χ4n) is 3.22. The van der Waals surface area contributed by atoms with Gasteiger partial charge in [0.25, 0.3) is 0 Å². The van der Waals surface area contributed by atoms with E-state index in [0.717, 1.165) is 28.5 Å². The molecule has 0 saturated carbocycles. The van der Waals surface area contributed by atoms with Crippen LogP contribution in [0.1, 0.15) is 11.3 Å². The van der Waals surface area contributed by atoms with Crippen molar-refractivity contribution in [3.63, 3.8) is 0 Å². The molecule has 158 valence electrons. The molecule has 0 amide bonds. The first-order valence-corrected chi connectivity index (χ1v) is 12.9. The maximum absolute atomic E-state index is 11.8. The maximum atomic E-state index is 11.8. The summed E-state index contributed by atoms with van der Waals surface area (Å²) in [4.78, 5) is 6.40. The molecule has 0 saturated heterocycles. The number of aromatic nitrogens is 2. The van der Waals surface area contributed by atoms with Crippen molar-refractivity contribution < 1.29 is 8.42 Å². The Hall–Kier alpha value is -2.54. The molecular weight excluding hydrogens is 448 g/mol. The number of sulfone groups is 1. The van der Waals surface area contributed by atoms with E-state index in [1.165, 1.54) is 16.7 Å². The van der Waals surface area contributed by atoms with Crippen LogP contribution in [0.4, 0.5) is 0 Å². The molecule has 0 atom stereocenters. The zero-order valence-electron chi connectivity index (χ0n) is 17.1. The number of nitrogens with zero attached hydrogens (tertiary/aromatic N) is 2. The van der Waals surface area contributed by atoms with Gasteiger partial charge < -0.3 is 0 Å². The van der Waals surface area contributed by atoms with Crippen molar-refractivity contribution in [1.82, 2.24) is 9.55 Å². The van der Waals surface area contributed by atoms with Crippen molar-refractivity contribution in [3.05, 3.63) is 95.3 Å². The van der Waals surface area contributed by atoms with E-state index in [9.17, 15) is 8.42 Å². The molecule has 0 fully saturated rings. The average Bonchev–Trinajstić information content (AvgIpc) is 3.17. The highest BCUT2D eigenvalue weighted by Gasteiger charge is 2.14. The number of imidazole rings is 1. The SMILES string of the molecule is Cc1ccccc1SCc1cn(-c2ccc(S(C)(=O)=O)cc2)c(-c2ccc(Cl)cc2)n1. The van der Waals surface area contributed by atoms with Crippen molar-refractivity contribution >= 4 is 33.2 Å². The van der Waals surface area contributed by atoms with E-state index in [1.54, 1.807) is 36.0 Å². The van der Waals surface area contributed by atoms with E-state index in [1.807, 2.05) is 47.2 Å². The molecule has 4 nitrogen and oxygen atoms in total. The van der Waals surface area contributed by atoms with Gasteiger partial charge in [-0.1, -0.05) is 29.8 Å². The van der Waals surface area contributed by atoms with Crippen LogP contribution in [-0.2, 0) is 15.6 Å². The predicted octanol–water partition coefficient (Wildman–Crippen LogP) is 6.20. The van der Waals surface area contributed by atoms with E-state index >= 15 is 0 Å². The lowest BCUT2D eigenvalue weighted by Gasteiger charge is -2.09. The molecule has 0 radical (unpaired) electrons. The molecule has 4 aromatic rings. The van der Waals surface area contributed by atoms with Crippen LogP contribution in [0.15, 0.2) is 88.8 Å². The first-order chi connectivity index (χ1) is 14.8. The largest absolute Gasteiger partial charge is 0.299 e. The normalized spacial score (nSPS) is 11.6. The predicted molar refractivity (Wildman–Crippen MR) is 128 cm³/mol. The van der Waals surface area contributed by atoms with E-state index in [-0.39, 0.29) is 0 Å². The molecule has 0 aliphatic rings. The van der Waals surface area contributed by atoms with E-state index < -0.39 is 9.84 Å². The van der Waals surface area contributed by atoms with Crippen molar-refractivity contribution in [2.24, 2.45) is 0 Å². The highest BCUT2D eigenvalue weighted by atomic mass is 35.5. The molecule has 0 spiro atoms. The maximum Gasteiger partial charge on any atom is 0.175 e. The summed E-state index contributed by atoms with van der Waals surface area (Å²) in [5.74, 6) is 1.50. The van der Waals surface area contributed by atoms with E-state index in [2.05, 4.69) is 19.1 Å². The third-order valence-corrected chi connectivity index (χ3v) is 7.46. The van der Waals surface area contributed by atoms with Crippen LogP contribution in [0.3, 0.4) is 0 Å². The number of halogens is 1. The van der Waals surface area contributed by atoms with Crippen LogP contribution in [0.5, 0.6) is 0 Å². The third kappa shape index (κ3) is 5.03. The Balaban J connectivity index is 1.72. The molecule has 1 heterocycles. The minimum Gasteiger partial charge on any atom is -0.299 e. The smallest absolute Gasteiger partial charge is 0.175 e. The summed E-state index contributed by atoms with van der Waals surface area (Å²) in [6.45, 7) is 2.10. The van der Waals surface area contributed by atoms with Crippen LogP contribution >= 0.6 is 23.4 Å². The van der Waals surface area contributed by atoms with Gasteiger partial charge in [-0.2, -0.15) is 0 Å². The van der Waals surface area contributed by atoms with Crippen molar-refractivity contribution in [3.8, 4) is 17.1 Å². The van der Waals surface area contributed by atoms with Gasteiger partial charge in [0.1, 0.15) is 5.82 Å². The first-order valence-electron chi connectivity index (χ1n) is 9.64. The van der Waals surface area contributed by atoms with E-state index in [0.29, 0.717) is 9.92 Å². The summed E-state index contributed by atoms with van der Waals surface area (Å²) in [5.41, 5.74) is 3.95. The van der Waals surface area contributed by atoms with Crippen LogP contribution in [0.25, 0.3) is 17.1 Å². The topological polar surface area (TPSA) is 52.0 Å². The molecule has 3 aromatic carbocycles. The molecule has 0 aliphatic carbocycles. The fourth-order valence-corrected chi connectivity index (χ4v) is 4.89. The number of thioether (sulfide) groups is 1. The quantitative estimate of drug-likeness (QED) is 0.316. The number of benzene rings is 3. The average molecular weight is 469 g/mol. The summed E-state index contributed by atoms with van der Waals surface area (Å²) in [6, 6.07) is 22.7. The summed E-state index contributed by atoms with van der Waals surface area (Å²) >= 11 is 7.81. The minimum atomic E-state index is -3.25. The van der Waals surface area contributed by atoms with Gasteiger partial charge in [0.2, 0.25) is 0 Å². The highest BCUT2D eigenvalue weighted by Crippen LogP contribution is 2.29. The van der Waals surface area contributed by atoms with Gasteiger partial charge in [-0.05, 0) is 67.1 Å². The van der Waals surface area contributed by atoms with Gasteiger partial charge in [0, 0.05) is 39.4 Å². The van der Waals surface area contributed by atoms with Gasteiger partial charge >= 0.3 is 0 Å².